The van der Waals surface area contributed by atoms with Crippen LogP contribution in [-0.2, 0) is 19.4 Å². The molecular formula is C18H19NO2. The topological polar surface area (TPSA) is 39.1 Å². The highest BCUT2D eigenvalue weighted by atomic mass is 16.1. The second kappa shape index (κ2) is 5.32. The lowest BCUT2D eigenvalue weighted by molar-refractivity contribution is 0.0969. The Morgan fingerprint density at radius 2 is 1.95 bits per heavy atom. The Bertz CT molecular complexity index is 771. The van der Waals surface area contributed by atoms with Gasteiger partial charge in [-0.2, -0.15) is 0 Å². The van der Waals surface area contributed by atoms with Crippen LogP contribution >= 0.6 is 0 Å². The van der Waals surface area contributed by atoms with E-state index in [4.69, 9.17) is 0 Å². The third-order valence-electron chi connectivity index (χ3n) is 4.23. The average molecular weight is 281 g/mol. The van der Waals surface area contributed by atoms with Crippen LogP contribution in [0.5, 0.6) is 0 Å². The third-order valence-corrected chi connectivity index (χ3v) is 4.23. The van der Waals surface area contributed by atoms with E-state index in [1.807, 2.05) is 38.1 Å². The van der Waals surface area contributed by atoms with E-state index in [-0.39, 0.29) is 17.9 Å². The lowest BCUT2D eigenvalue weighted by Gasteiger charge is -2.12. The van der Waals surface area contributed by atoms with E-state index in [0.29, 0.717) is 5.56 Å². The number of hydrogen-bond acceptors (Lipinski definition) is 2. The maximum absolute atomic E-state index is 12.5. The number of pyridine rings is 1. The number of fused-ring (bicyclic) bond motifs is 1. The van der Waals surface area contributed by atoms with Crippen LogP contribution in [0, 0.1) is 13.8 Å². The molecule has 3 heteroatoms. The first-order valence-corrected chi connectivity index (χ1v) is 7.38. The summed E-state index contributed by atoms with van der Waals surface area (Å²) in [7, 11) is 0. The number of carbonyl (C=O) groups excluding carboxylic acids is 1. The summed E-state index contributed by atoms with van der Waals surface area (Å²) in [5, 5.41) is 0. The molecular weight excluding hydrogens is 262 g/mol. The molecule has 0 atom stereocenters. The number of rotatable bonds is 3. The number of hydrogen-bond donors (Lipinski definition) is 0. The van der Waals surface area contributed by atoms with Crippen molar-refractivity contribution in [3.05, 3.63) is 68.6 Å². The molecule has 0 spiro atoms. The van der Waals surface area contributed by atoms with Gasteiger partial charge in [0.2, 0.25) is 0 Å². The fourth-order valence-corrected chi connectivity index (χ4v) is 3.16. The molecule has 1 aliphatic rings. The summed E-state index contributed by atoms with van der Waals surface area (Å²) < 4.78 is 1.66. The second-order valence-corrected chi connectivity index (χ2v) is 5.82. The van der Waals surface area contributed by atoms with Crippen LogP contribution in [-0.4, -0.2) is 10.4 Å². The highest BCUT2D eigenvalue weighted by Crippen LogP contribution is 2.20. The van der Waals surface area contributed by atoms with Gasteiger partial charge in [0, 0.05) is 17.3 Å². The molecule has 0 saturated heterocycles. The van der Waals surface area contributed by atoms with Crippen LogP contribution < -0.4 is 5.56 Å². The van der Waals surface area contributed by atoms with E-state index in [9.17, 15) is 9.59 Å². The fourth-order valence-electron chi connectivity index (χ4n) is 3.16. The van der Waals surface area contributed by atoms with Gasteiger partial charge in [0.25, 0.3) is 5.56 Å². The van der Waals surface area contributed by atoms with E-state index in [1.165, 1.54) is 5.56 Å². The number of ketones is 1. The van der Waals surface area contributed by atoms with Crippen molar-refractivity contribution in [1.82, 2.24) is 4.57 Å². The smallest absolute Gasteiger partial charge is 0.251 e. The van der Waals surface area contributed by atoms with Crippen LogP contribution in [0.1, 0.15) is 39.2 Å². The van der Waals surface area contributed by atoms with Crippen molar-refractivity contribution in [2.24, 2.45) is 0 Å². The number of aromatic nitrogens is 1. The first-order chi connectivity index (χ1) is 10.1. The summed E-state index contributed by atoms with van der Waals surface area (Å²) in [4.78, 5) is 24.6. The zero-order chi connectivity index (χ0) is 15.0. The number of carbonyl (C=O) groups is 1. The van der Waals surface area contributed by atoms with Gasteiger partial charge < -0.3 is 4.57 Å². The minimum Gasteiger partial charge on any atom is -0.305 e. The Morgan fingerprint density at radius 3 is 2.71 bits per heavy atom. The normalized spacial score (nSPS) is 13.2. The molecule has 1 heterocycles. The molecule has 1 aliphatic carbocycles. The molecule has 0 fully saturated rings. The fraction of sp³-hybridized carbons (Fsp3) is 0.333. The Morgan fingerprint density at radius 1 is 1.14 bits per heavy atom. The van der Waals surface area contributed by atoms with Gasteiger partial charge in [-0.1, -0.05) is 29.8 Å². The molecule has 0 N–H and O–H groups in total. The highest BCUT2D eigenvalue weighted by molar-refractivity contribution is 5.97. The van der Waals surface area contributed by atoms with E-state index in [2.05, 4.69) is 0 Å². The largest absolute Gasteiger partial charge is 0.305 e. The number of Topliss-reactive ketones (excluding diaryl/α,β-unsaturated/α-hetero) is 1. The zero-order valence-electron chi connectivity index (χ0n) is 12.5. The second-order valence-electron chi connectivity index (χ2n) is 5.82. The highest BCUT2D eigenvalue weighted by Gasteiger charge is 2.18. The quantitative estimate of drug-likeness (QED) is 0.812. The van der Waals surface area contributed by atoms with Gasteiger partial charge in [0.1, 0.15) is 0 Å². The minimum absolute atomic E-state index is 0.00917. The molecule has 3 nitrogen and oxygen atoms in total. The first kappa shape index (κ1) is 13.8. The van der Waals surface area contributed by atoms with E-state index < -0.39 is 0 Å². The summed E-state index contributed by atoms with van der Waals surface area (Å²) >= 11 is 0. The molecule has 0 aliphatic heterocycles. The molecule has 21 heavy (non-hydrogen) atoms. The third kappa shape index (κ3) is 2.56. The predicted molar refractivity (Wildman–Crippen MR) is 83.0 cm³/mol. The molecule has 2 aromatic rings. The number of nitrogens with zero attached hydrogens (tertiary/aromatic N) is 1. The van der Waals surface area contributed by atoms with Crippen LogP contribution in [0.2, 0.25) is 0 Å². The van der Waals surface area contributed by atoms with Crippen molar-refractivity contribution in [3.8, 4) is 0 Å². The SMILES string of the molecule is Cc1ccc(C(=O)Cn2c3c(ccc2=O)CCC3)c(C)c1. The summed E-state index contributed by atoms with van der Waals surface area (Å²) in [6.45, 7) is 4.10. The van der Waals surface area contributed by atoms with Crippen LogP contribution in [0.25, 0.3) is 0 Å². The summed E-state index contributed by atoms with van der Waals surface area (Å²) in [6.07, 6.45) is 2.97. The van der Waals surface area contributed by atoms with Crippen molar-refractivity contribution < 1.29 is 4.79 Å². The van der Waals surface area contributed by atoms with Gasteiger partial charge in [0.05, 0.1) is 6.54 Å². The Hall–Kier alpha value is -2.16. The summed E-state index contributed by atoms with van der Waals surface area (Å²) in [6, 6.07) is 9.30. The zero-order valence-corrected chi connectivity index (χ0v) is 12.5. The molecule has 0 bridgehead atoms. The molecule has 1 aromatic carbocycles. The van der Waals surface area contributed by atoms with Gasteiger partial charge in [-0.25, -0.2) is 0 Å². The van der Waals surface area contributed by atoms with Gasteiger partial charge in [0.15, 0.2) is 5.78 Å². The minimum atomic E-state index is -0.0752. The Balaban J connectivity index is 1.96. The van der Waals surface area contributed by atoms with Gasteiger partial charge in [-0.05, 0) is 44.2 Å². The number of benzene rings is 1. The van der Waals surface area contributed by atoms with Gasteiger partial charge >= 0.3 is 0 Å². The number of aryl methyl sites for hydroxylation is 3. The molecule has 0 saturated carbocycles. The van der Waals surface area contributed by atoms with E-state index >= 15 is 0 Å². The molecule has 0 amide bonds. The average Bonchev–Trinajstić information content (AvgIpc) is 2.90. The maximum atomic E-state index is 12.5. The molecule has 108 valence electrons. The van der Waals surface area contributed by atoms with Crippen molar-refractivity contribution in [3.63, 3.8) is 0 Å². The van der Waals surface area contributed by atoms with E-state index in [1.54, 1.807) is 10.6 Å². The first-order valence-electron chi connectivity index (χ1n) is 7.38. The van der Waals surface area contributed by atoms with Crippen LogP contribution in [0.15, 0.2) is 35.1 Å². The van der Waals surface area contributed by atoms with Crippen molar-refractivity contribution in [1.29, 1.82) is 0 Å². The van der Waals surface area contributed by atoms with Crippen LogP contribution in [0.3, 0.4) is 0 Å². The predicted octanol–water partition coefficient (Wildman–Crippen LogP) is 2.84. The maximum Gasteiger partial charge on any atom is 0.251 e. The summed E-state index contributed by atoms with van der Waals surface area (Å²) in [5.41, 5.74) is 5.00. The van der Waals surface area contributed by atoms with Crippen molar-refractivity contribution >= 4 is 5.78 Å². The van der Waals surface area contributed by atoms with Gasteiger partial charge in [-0.15, -0.1) is 0 Å². The monoisotopic (exact) mass is 281 g/mol. The molecule has 0 unspecified atom stereocenters. The van der Waals surface area contributed by atoms with Gasteiger partial charge in [-0.3, -0.25) is 9.59 Å². The standard InChI is InChI=1S/C18H19NO2/c1-12-6-8-15(13(2)10-12)17(20)11-19-16-5-3-4-14(16)7-9-18(19)21/h6-10H,3-5,11H2,1-2H3. The van der Waals surface area contributed by atoms with Crippen molar-refractivity contribution in [2.45, 2.75) is 39.7 Å². The lowest BCUT2D eigenvalue weighted by atomic mass is 10.0. The Labute approximate surface area is 124 Å². The Kier molecular flexibility index (Phi) is 3.50. The van der Waals surface area contributed by atoms with E-state index in [0.717, 1.165) is 36.1 Å². The summed E-state index contributed by atoms with van der Waals surface area (Å²) in [5.74, 6) is 0.00917. The molecule has 0 radical (unpaired) electrons. The molecule has 1 aromatic heterocycles. The van der Waals surface area contributed by atoms with Crippen molar-refractivity contribution in [2.75, 3.05) is 0 Å². The lowest BCUT2D eigenvalue weighted by Crippen LogP contribution is -2.27. The molecule has 3 rings (SSSR count). The van der Waals surface area contributed by atoms with Crippen LogP contribution in [0.4, 0.5) is 0 Å².